The highest BCUT2D eigenvalue weighted by atomic mass is 31.2. The maximum absolute atomic E-state index is 8.35. The summed E-state index contributed by atoms with van der Waals surface area (Å²) in [6.07, 6.45) is 6.26. The fourth-order valence-corrected chi connectivity index (χ4v) is 4.04. The van der Waals surface area contributed by atoms with E-state index >= 15 is 0 Å². The average molecular weight is 231 g/mol. The van der Waals surface area contributed by atoms with Crippen LogP contribution in [0, 0.1) is 5.16 Å². The summed E-state index contributed by atoms with van der Waals surface area (Å²) < 4.78 is 5.87. The molecule has 1 atom stereocenters. The molecule has 0 saturated heterocycles. The Hall–Kier alpha value is -1.27. The fraction of sp³-hybridized carbons (Fsp3) is 0.231. The van der Waals surface area contributed by atoms with Crippen molar-refractivity contribution in [3.05, 3.63) is 47.7 Å². The summed E-state index contributed by atoms with van der Waals surface area (Å²) in [4.78, 5) is 0. The smallest absolute Gasteiger partial charge is 0.158 e. The van der Waals surface area contributed by atoms with Crippen molar-refractivity contribution in [3.8, 4) is 0 Å². The highest BCUT2D eigenvalue weighted by molar-refractivity contribution is 7.67. The van der Waals surface area contributed by atoms with Crippen molar-refractivity contribution in [2.45, 2.75) is 12.8 Å². The molecular formula is C13H14NOP. The average Bonchev–Trinajstić information content (AvgIpc) is 2.29. The Morgan fingerprint density at radius 1 is 1.31 bits per heavy atom. The third-order valence-corrected chi connectivity index (χ3v) is 4.97. The van der Waals surface area contributed by atoms with Crippen molar-refractivity contribution in [2.24, 2.45) is 0 Å². The molecule has 1 aliphatic carbocycles. The number of hydrogen-bond acceptors (Lipinski definition) is 2. The van der Waals surface area contributed by atoms with Crippen molar-refractivity contribution in [2.75, 3.05) is 6.66 Å². The molecule has 1 unspecified atom stereocenters. The molecule has 2 aliphatic rings. The lowest BCUT2D eigenvalue weighted by atomic mass is 9.96. The fourth-order valence-electron chi connectivity index (χ4n) is 2.34. The Labute approximate surface area is 95.6 Å². The van der Waals surface area contributed by atoms with Crippen molar-refractivity contribution in [1.82, 2.24) is 0 Å². The first-order valence-corrected chi connectivity index (χ1v) is 7.65. The van der Waals surface area contributed by atoms with Crippen molar-refractivity contribution in [1.29, 1.82) is 5.16 Å². The summed E-state index contributed by atoms with van der Waals surface area (Å²) in [5, 5.41) is 9.44. The van der Waals surface area contributed by atoms with Crippen LogP contribution in [0.2, 0.25) is 0 Å². The zero-order valence-corrected chi connectivity index (χ0v) is 10.1. The van der Waals surface area contributed by atoms with Gasteiger partial charge in [0.05, 0.1) is 0 Å². The van der Waals surface area contributed by atoms with Gasteiger partial charge in [0.15, 0.2) is 7.28 Å². The number of rotatable bonds is 0. The Morgan fingerprint density at radius 2 is 2.12 bits per heavy atom. The molecule has 2 nitrogen and oxygen atoms in total. The molecule has 0 saturated carbocycles. The lowest BCUT2D eigenvalue weighted by Crippen LogP contribution is -2.18. The molecule has 1 aromatic carbocycles. The molecule has 0 spiro atoms. The lowest BCUT2D eigenvalue weighted by Gasteiger charge is -2.31. The van der Waals surface area contributed by atoms with Crippen LogP contribution in [-0.4, -0.2) is 6.66 Å². The van der Waals surface area contributed by atoms with E-state index < -0.39 is 7.28 Å². The standard InChI is InChI=1S/C13H14NOP/c1-16(14)13-9-5-3-7-11(13)10-6-2-4-8-12(10)15-16/h3-5,7-9,14H,2,6H2,1H3. The van der Waals surface area contributed by atoms with E-state index in [1.54, 1.807) is 0 Å². The van der Waals surface area contributed by atoms with E-state index in [4.69, 9.17) is 9.69 Å². The molecule has 0 aromatic heterocycles. The first-order valence-electron chi connectivity index (χ1n) is 5.49. The molecule has 0 fully saturated rings. The van der Waals surface area contributed by atoms with Gasteiger partial charge in [-0.3, -0.25) is 5.16 Å². The van der Waals surface area contributed by atoms with E-state index in [1.165, 1.54) is 11.1 Å². The zero-order valence-electron chi connectivity index (χ0n) is 9.23. The SMILES string of the molecule is CP1(=N)OC2=C(CCC=C2)c2ccccc21. The third kappa shape index (κ3) is 1.37. The lowest BCUT2D eigenvalue weighted by molar-refractivity contribution is 0.487. The molecule has 0 bridgehead atoms. The Balaban J connectivity index is 2.29. The van der Waals surface area contributed by atoms with Crippen LogP contribution in [0.3, 0.4) is 0 Å². The minimum Gasteiger partial charge on any atom is -0.456 e. The van der Waals surface area contributed by atoms with Crippen molar-refractivity contribution >= 4 is 18.2 Å². The van der Waals surface area contributed by atoms with Crippen LogP contribution in [0.25, 0.3) is 5.57 Å². The van der Waals surface area contributed by atoms with Crippen molar-refractivity contribution in [3.63, 3.8) is 0 Å². The Kier molecular flexibility index (Phi) is 2.08. The van der Waals surface area contributed by atoms with Gasteiger partial charge >= 0.3 is 0 Å². The number of allylic oxidation sites excluding steroid dienone is 3. The molecule has 82 valence electrons. The molecule has 16 heavy (non-hydrogen) atoms. The highest BCUT2D eigenvalue weighted by Crippen LogP contribution is 2.52. The summed E-state index contributed by atoms with van der Waals surface area (Å²) >= 11 is 0. The number of hydrogen-bond donors (Lipinski definition) is 1. The minimum absolute atomic E-state index is 0.927. The summed E-state index contributed by atoms with van der Waals surface area (Å²) in [6.45, 7) is 1.91. The molecule has 1 aromatic rings. The van der Waals surface area contributed by atoms with Crippen LogP contribution in [-0.2, 0) is 4.52 Å². The predicted molar refractivity (Wildman–Crippen MR) is 68.0 cm³/mol. The van der Waals surface area contributed by atoms with Gasteiger partial charge in [-0.05, 0) is 30.5 Å². The highest BCUT2D eigenvalue weighted by Gasteiger charge is 2.29. The zero-order chi connectivity index (χ0) is 11.2. The normalized spacial score (nSPS) is 27.1. The molecule has 0 radical (unpaired) electrons. The largest absolute Gasteiger partial charge is 0.456 e. The maximum atomic E-state index is 8.35. The van der Waals surface area contributed by atoms with Crippen LogP contribution in [0.4, 0.5) is 0 Å². The second-order valence-corrected chi connectivity index (χ2v) is 6.83. The van der Waals surface area contributed by atoms with Gasteiger partial charge in [-0.15, -0.1) is 0 Å². The van der Waals surface area contributed by atoms with Gasteiger partial charge < -0.3 is 4.52 Å². The van der Waals surface area contributed by atoms with Gasteiger partial charge in [0.1, 0.15) is 5.76 Å². The molecule has 3 heteroatoms. The van der Waals surface area contributed by atoms with E-state index in [0.29, 0.717) is 0 Å². The molecule has 1 heterocycles. The van der Waals surface area contributed by atoms with Gasteiger partial charge in [-0.2, -0.15) is 0 Å². The van der Waals surface area contributed by atoms with Crippen molar-refractivity contribution < 1.29 is 4.52 Å². The molecular weight excluding hydrogens is 217 g/mol. The second kappa shape index (κ2) is 3.36. The summed E-state index contributed by atoms with van der Waals surface area (Å²) in [6, 6.07) is 8.21. The summed E-state index contributed by atoms with van der Waals surface area (Å²) in [5.74, 6) is 0.927. The summed E-state index contributed by atoms with van der Waals surface area (Å²) in [5.41, 5.74) is 2.52. The molecule has 1 aliphatic heterocycles. The molecule has 1 N–H and O–H groups in total. The van der Waals surface area contributed by atoms with Gasteiger partial charge in [-0.25, -0.2) is 0 Å². The van der Waals surface area contributed by atoms with Gasteiger partial charge in [0.2, 0.25) is 0 Å². The third-order valence-electron chi connectivity index (χ3n) is 3.10. The van der Waals surface area contributed by atoms with Gasteiger partial charge in [0.25, 0.3) is 0 Å². The van der Waals surface area contributed by atoms with E-state index in [0.717, 1.165) is 23.9 Å². The monoisotopic (exact) mass is 231 g/mol. The Bertz CT molecular complexity index is 557. The number of benzene rings is 1. The number of nitrogens with one attached hydrogen (secondary N) is 1. The quantitative estimate of drug-likeness (QED) is 0.678. The maximum Gasteiger partial charge on any atom is 0.158 e. The second-order valence-electron chi connectivity index (χ2n) is 4.32. The van der Waals surface area contributed by atoms with Crippen LogP contribution in [0.1, 0.15) is 18.4 Å². The van der Waals surface area contributed by atoms with E-state index in [1.807, 2.05) is 30.9 Å². The van der Waals surface area contributed by atoms with E-state index in [2.05, 4.69) is 12.1 Å². The number of fused-ring (bicyclic) bond motifs is 2. The van der Waals surface area contributed by atoms with Crippen LogP contribution in [0.5, 0.6) is 0 Å². The molecule has 0 amide bonds. The Morgan fingerprint density at radius 3 is 3.00 bits per heavy atom. The predicted octanol–water partition coefficient (Wildman–Crippen LogP) is 3.73. The minimum atomic E-state index is -2.18. The van der Waals surface area contributed by atoms with Crippen LogP contribution < -0.4 is 5.30 Å². The first-order chi connectivity index (χ1) is 7.68. The van der Waals surface area contributed by atoms with Gasteiger partial charge in [-0.1, -0.05) is 24.3 Å². The van der Waals surface area contributed by atoms with Gasteiger partial charge in [0, 0.05) is 17.5 Å². The molecule has 3 rings (SSSR count). The topological polar surface area (TPSA) is 33.1 Å². The van der Waals surface area contributed by atoms with Crippen LogP contribution >= 0.6 is 7.28 Å². The van der Waals surface area contributed by atoms with Crippen LogP contribution in [0.15, 0.2) is 42.2 Å². The van der Waals surface area contributed by atoms with E-state index in [9.17, 15) is 0 Å². The first kappa shape index (κ1) is 9.92. The summed E-state index contributed by atoms with van der Waals surface area (Å²) in [7, 11) is -2.18. The van der Waals surface area contributed by atoms with E-state index in [-0.39, 0.29) is 0 Å².